The zero-order valence-corrected chi connectivity index (χ0v) is 31.1. The van der Waals surface area contributed by atoms with Gasteiger partial charge in [-0.05, 0) is 115 Å². The molecule has 0 saturated heterocycles. The van der Waals surface area contributed by atoms with Crippen molar-refractivity contribution in [1.29, 1.82) is 0 Å². The van der Waals surface area contributed by atoms with Gasteiger partial charge in [0, 0.05) is 33.0 Å². The van der Waals surface area contributed by atoms with E-state index in [0.29, 0.717) is 0 Å². The smallest absolute Gasteiger partial charge is 0.137 e. The Balaban J connectivity index is 1.19. The van der Waals surface area contributed by atoms with Gasteiger partial charge in [-0.2, -0.15) is 0 Å². The number of hydrogen-bond donors (Lipinski definition) is 0. The van der Waals surface area contributed by atoms with Crippen LogP contribution in [0.25, 0.3) is 55.3 Å². The van der Waals surface area contributed by atoms with Crippen LogP contribution in [0.4, 0.5) is 17.1 Å². The summed E-state index contributed by atoms with van der Waals surface area (Å²) in [6.07, 6.45) is 0. The highest BCUT2D eigenvalue weighted by molar-refractivity contribution is 6.15. The maximum Gasteiger partial charge on any atom is 0.137 e. The van der Waals surface area contributed by atoms with Gasteiger partial charge in [0.2, 0.25) is 0 Å². The fourth-order valence-electron chi connectivity index (χ4n) is 10.3. The van der Waals surface area contributed by atoms with Gasteiger partial charge in [0.25, 0.3) is 0 Å². The third-order valence-electron chi connectivity index (χ3n) is 13.1. The Kier molecular flexibility index (Phi) is 5.90. The fraction of sp³-hybridized carbons (Fsp3) is 0.176. The number of rotatable bonds is 3. The van der Waals surface area contributed by atoms with E-state index < -0.39 is 0 Å². The van der Waals surface area contributed by atoms with E-state index in [1.807, 2.05) is 0 Å². The predicted molar refractivity (Wildman–Crippen MR) is 221 cm³/mol. The summed E-state index contributed by atoms with van der Waals surface area (Å²) in [6, 6.07) is 52.2. The van der Waals surface area contributed by atoms with E-state index in [4.69, 9.17) is 4.42 Å². The second-order valence-electron chi connectivity index (χ2n) is 17.0. The zero-order chi connectivity index (χ0) is 36.0. The number of anilines is 3. The molecule has 0 fully saturated rings. The van der Waals surface area contributed by atoms with E-state index in [1.165, 1.54) is 66.8 Å². The van der Waals surface area contributed by atoms with Crippen LogP contribution in [0.1, 0.15) is 74.9 Å². The molecule has 1 heterocycles. The molecule has 11 rings (SSSR count). The molecule has 3 aliphatic rings. The molecule has 8 aromatic rings. The topological polar surface area (TPSA) is 16.4 Å². The lowest BCUT2D eigenvalue weighted by atomic mass is 9.82. The van der Waals surface area contributed by atoms with Crippen molar-refractivity contribution >= 4 is 39.0 Å². The van der Waals surface area contributed by atoms with Crippen LogP contribution in [0.5, 0.6) is 0 Å². The van der Waals surface area contributed by atoms with Gasteiger partial charge >= 0.3 is 0 Å². The molecule has 0 amide bonds. The van der Waals surface area contributed by atoms with Gasteiger partial charge in [0.05, 0.1) is 11.1 Å². The van der Waals surface area contributed by atoms with E-state index in [0.717, 1.165) is 39.0 Å². The summed E-state index contributed by atoms with van der Waals surface area (Å²) in [7, 11) is 0. The standard InChI is InChI=1S/C51H41NO/c1-49(2)40-18-11-8-15-33(40)36-26-30(23-25-42(36)49)52(31-22-24-35-32-14-7-10-17-39(32)50(3,4)43(35)27-31)45-20-13-21-46-48(45)38-28-37-34-16-9-12-19-41(34)51(5,6)44(37)29-47(38)53-46/h7-29H,1-6H3. The Morgan fingerprint density at radius 1 is 0.377 bits per heavy atom. The second-order valence-corrected chi connectivity index (χ2v) is 17.0. The molecule has 0 spiro atoms. The van der Waals surface area contributed by atoms with E-state index in [9.17, 15) is 0 Å². The average molecular weight is 684 g/mol. The Bertz CT molecular complexity index is 2880. The number of benzene rings is 7. The van der Waals surface area contributed by atoms with Gasteiger partial charge in [-0.25, -0.2) is 0 Å². The zero-order valence-electron chi connectivity index (χ0n) is 31.1. The quantitative estimate of drug-likeness (QED) is 0.184. The van der Waals surface area contributed by atoms with Crippen LogP contribution >= 0.6 is 0 Å². The Morgan fingerprint density at radius 3 is 1.53 bits per heavy atom. The molecule has 0 N–H and O–H groups in total. The largest absolute Gasteiger partial charge is 0.456 e. The first-order valence-electron chi connectivity index (χ1n) is 18.9. The van der Waals surface area contributed by atoms with Crippen LogP contribution < -0.4 is 4.90 Å². The highest BCUT2D eigenvalue weighted by Crippen LogP contribution is 2.55. The molecule has 256 valence electrons. The van der Waals surface area contributed by atoms with Crippen molar-refractivity contribution in [2.24, 2.45) is 0 Å². The SMILES string of the molecule is CC1(C)c2ccccc2-c2cc(N(c3ccc4c(c3)C(C)(C)c3ccccc3-4)c3cccc4oc5cc6c(cc5c34)-c3ccccc3C6(C)C)ccc21. The van der Waals surface area contributed by atoms with Crippen LogP contribution in [0, 0.1) is 0 Å². The lowest BCUT2D eigenvalue weighted by molar-refractivity contribution is 0.647. The van der Waals surface area contributed by atoms with Gasteiger partial charge in [0.1, 0.15) is 11.2 Å². The first kappa shape index (κ1) is 30.7. The van der Waals surface area contributed by atoms with Gasteiger partial charge in [-0.15, -0.1) is 0 Å². The Morgan fingerprint density at radius 2 is 0.868 bits per heavy atom. The molecule has 2 heteroatoms. The lowest BCUT2D eigenvalue weighted by Crippen LogP contribution is -2.17. The molecule has 3 aliphatic carbocycles. The molecular weight excluding hydrogens is 643 g/mol. The van der Waals surface area contributed by atoms with E-state index in [1.54, 1.807) is 0 Å². The van der Waals surface area contributed by atoms with Crippen LogP contribution in [-0.4, -0.2) is 0 Å². The number of furan rings is 1. The summed E-state index contributed by atoms with van der Waals surface area (Å²) in [5.74, 6) is 0. The Labute approximate surface area is 311 Å². The van der Waals surface area contributed by atoms with Crippen molar-refractivity contribution < 1.29 is 4.42 Å². The van der Waals surface area contributed by atoms with Crippen molar-refractivity contribution in [2.75, 3.05) is 4.90 Å². The van der Waals surface area contributed by atoms with Gasteiger partial charge < -0.3 is 9.32 Å². The molecular formula is C51H41NO. The Hall–Kier alpha value is -5.86. The number of nitrogens with zero attached hydrogens (tertiary/aromatic N) is 1. The highest BCUT2D eigenvalue weighted by atomic mass is 16.3. The normalized spacial score (nSPS) is 16.2. The van der Waals surface area contributed by atoms with Crippen LogP contribution in [0.3, 0.4) is 0 Å². The molecule has 7 aromatic carbocycles. The summed E-state index contributed by atoms with van der Waals surface area (Å²) in [5.41, 5.74) is 21.0. The highest BCUT2D eigenvalue weighted by Gasteiger charge is 2.39. The van der Waals surface area contributed by atoms with Gasteiger partial charge in [0.15, 0.2) is 0 Å². The van der Waals surface area contributed by atoms with Crippen LogP contribution in [0.15, 0.2) is 144 Å². The maximum absolute atomic E-state index is 6.80. The minimum absolute atomic E-state index is 0.0656. The first-order valence-corrected chi connectivity index (χ1v) is 18.9. The van der Waals surface area contributed by atoms with Crippen molar-refractivity contribution in [3.8, 4) is 33.4 Å². The molecule has 53 heavy (non-hydrogen) atoms. The summed E-state index contributed by atoms with van der Waals surface area (Å²) in [4.78, 5) is 2.48. The molecule has 0 aliphatic heterocycles. The fourth-order valence-corrected chi connectivity index (χ4v) is 10.3. The lowest BCUT2D eigenvalue weighted by Gasteiger charge is -2.29. The predicted octanol–water partition coefficient (Wildman–Crippen LogP) is 14.0. The maximum atomic E-state index is 6.80. The molecule has 0 atom stereocenters. The van der Waals surface area contributed by atoms with Crippen molar-refractivity contribution in [2.45, 2.75) is 57.8 Å². The molecule has 0 saturated carbocycles. The van der Waals surface area contributed by atoms with Crippen LogP contribution in [-0.2, 0) is 16.2 Å². The first-order chi connectivity index (χ1) is 25.5. The minimum Gasteiger partial charge on any atom is -0.456 e. The van der Waals surface area contributed by atoms with Crippen molar-refractivity contribution in [3.63, 3.8) is 0 Å². The van der Waals surface area contributed by atoms with Gasteiger partial charge in [-0.3, -0.25) is 0 Å². The number of fused-ring (bicyclic) bond motifs is 12. The van der Waals surface area contributed by atoms with Crippen molar-refractivity contribution in [3.05, 3.63) is 173 Å². The molecule has 0 radical (unpaired) electrons. The van der Waals surface area contributed by atoms with Crippen molar-refractivity contribution in [1.82, 2.24) is 0 Å². The molecule has 2 nitrogen and oxygen atoms in total. The molecule has 0 bridgehead atoms. The number of hydrogen-bond acceptors (Lipinski definition) is 2. The van der Waals surface area contributed by atoms with E-state index >= 15 is 0 Å². The monoisotopic (exact) mass is 683 g/mol. The second kappa shape index (κ2) is 10.2. The third-order valence-corrected chi connectivity index (χ3v) is 13.1. The summed E-state index contributed by atoms with van der Waals surface area (Å²) in [6.45, 7) is 14.1. The van der Waals surface area contributed by atoms with Gasteiger partial charge in [-0.1, -0.05) is 133 Å². The summed E-state index contributed by atoms with van der Waals surface area (Å²) in [5, 5.41) is 2.28. The summed E-state index contributed by atoms with van der Waals surface area (Å²) < 4.78 is 6.80. The third kappa shape index (κ3) is 3.94. The summed E-state index contributed by atoms with van der Waals surface area (Å²) >= 11 is 0. The average Bonchev–Trinajstić information content (AvgIpc) is 3.80. The van der Waals surface area contributed by atoms with E-state index in [-0.39, 0.29) is 16.2 Å². The molecule has 0 unspecified atom stereocenters. The van der Waals surface area contributed by atoms with E-state index in [2.05, 4.69) is 186 Å². The van der Waals surface area contributed by atoms with Crippen LogP contribution in [0.2, 0.25) is 0 Å². The minimum atomic E-state index is -0.121. The molecule has 1 aromatic heterocycles.